The summed E-state index contributed by atoms with van der Waals surface area (Å²) in [6.07, 6.45) is 0.742. The second-order valence-electron chi connectivity index (χ2n) is 3.19. The lowest BCUT2D eigenvalue weighted by Crippen LogP contribution is -2.45. The third-order valence-corrected chi connectivity index (χ3v) is 3.11. The summed E-state index contributed by atoms with van der Waals surface area (Å²) in [5.41, 5.74) is 0. The average Bonchev–Trinajstić information content (AvgIpc) is 2.79. The van der Waals surface area contributed by atoms with Gasteiger partial charge < -0.3 is 10.4 Å². The highest BCUT2D eigenvalue weighted by atomic mass is 32.1. The summed E-state index contributed by atoms with van der Waals surface area (Å²) in [6.45, 7) is 1.92. The number of amides is 1. The van der Waals surface area contributed by atoms with E-state index in [0.717, 1.165) is 6.42 Å². The van der Waals surface area contributed by atoms with Crippen LogP contribution in [0.1, 0.15) is 23.0 Å². The zero-order valence-electron chi connectivity index (χ0n) is 8.90. The van der Waals surface area contributed by atoms with Gasteiger partial charge in [0.05, 0.1) is 17.5 Å². The van der Waals surface area contributed by atoms with Crippen molar-refractivity contribution in [2.45, 2.75) is 19.4 Å². The molecule has 0 saturated heterocycles. The van der Waals surface area contributed by atoms with Crippen LogP contribution in [0.5, 0.6) is 0 Å². The molecule has 88 valence electrons. The zero-order chi connectivity index (χ0) is 12.0. The van der Waals surface area contributed by atoms with E-state index in [1.54, 1.807) is 12.1 Å². The van der Waals surface area contributed by atoms with Crippen molar-refractivity contribution >= 4 is 34.6 Å². The molecule has 1 heterocycles. The third kappa shape index (κ3) is 3.88. The van der Waals surface area contributed by atoms with E-state index in [1.807, 2.05) is 12.3 Å². The molecule has 0 spiro atoms. The van der Waals surface area contributed by atoms with Crippen molar-refractivity contribution in [2.75, 3.05) is 6.61 Å². The molecule has 0 bridgehead atoms. The van der Waals surface area contributed by atoms with E-state index in [1.165, 1.54) is 11.3 Å². The fraction of sp³-hybridized carbons (Fsp3) is 0.400. The Hall–Kier alpha value is -0.980. The Bertz CT molecular complexity index is 348. The SMILES string of the molecule is CCC(CO)NC(=S)NC(=O)c1cccs1. The van der Waals surface area contributed by atoms with Crippen molar-refractivity contribution in [1.29, 1.82) is 0 Å². The van der Waals surface area contributed by atoms with Gasteiger partial charge in [0.15, 0.2) is 5.11 Å². The van der Waals surface area contributed by atoms with Crippen LogP contribution in [0.25, 0.3) is 0 Å². The number of aliphatic hydroxyl groups excluding tert-OH is 1. The predicted molar refractivity (Wildman–Crippen MR) is 68.7 cm³/mol. The minimum Gasteiger partial charge on any atom is -0.394 e. The molecule has 1 unspecified atom stereocenters. The van der Waals surface area contributed by atoms with Gasteiger partial charge in [-0.05, 0) is 30.1 Å². The van der Waals surface area contributed by atoms with Crippen LogP contribution >= 0.6 is 23.6 Å². The lowest BCUT2D eigenvalue weighted by Gasteiger charge is -2.16. The maximum atomic E-state index is 11.6. The monoisotopic (exact) mass is 258 g/mol. The first kappa shape index (κ1) is 13.1. The number of hydrogen-bond acceptors (Lipinski definition) is 4. The Morgan fingerprint density at radius 3 is 2.94 bits per heavy atom. The van der Waals surface area contributed by atoms with Gasteiger partial charge in [-0.25, -0.2) is 0 Å². The second kappa shape index (κ2) is 6.57. The Morgan fingerprint density at radius 2 is 2.44 bits per heavy atom. The van der Waals surface area contributed by atoms with Crippen LogP contribution in [-0.4, -0.2) is 28.8 Å². The Kier molecular flexibility index (Phi) is 5.37. The molecular weight excluding hydrogens is 244 g/mol. The van der Waals surface area contributed by atoms with Gasteiger partial charge in [0.1, 0.15) is 0 Å². The van der Waals surface area contributed by atoms with Gasteiger partial charge in [-0.15, -0.1) is 11.3 Å². The molecule has 0 aliphatic heterocycles. The van der Waals surface area contributed by atoms with Gasteiger partial charge in [0.25, 0.3) is 5.91 Å². The van der Waals surface area contributed by atoms with Crippen molar-refractivity contribution in [3.05, 3.63) is 22.4 Å². The Labute approximate surface area is 104 Å². The number of thiocarbonyl (C=S) groups is 1. The molecule has 0 fully saturated rings. The topological polar surface area (TPSA) is 61.4 Å². The van der Waals surface area contributed by atoms with Crippen molar-refractivity contribution in [2.24, 2.45) is 0 Å². The number of carbonyl (C=O) groups is 1. The highest BCUT2D eigenvalue weighted by Gasteiger charge is 2.11. The molecule has 6 heteroatoms. The Balaban J connectivity index is 2.43. The molecule has 1 amide bonds. The normalized spacial score (nSPS) is 11.9. The van der Waals surface area contributed by atoms with E-state index in [4.69, 9.17) is 17.3 Å². The first-order chi connectivity index (χ1) is 7.67. The summed E-state index contributed by atoms with van der Waals surface area (Å²) in [7, 11) is 0. The van der Waals surface area contributed by atoms with Crippen molar-refractivity contribution < 1.29 is 9.90 Å². The molecule has 0 saturated carbocycles. The highest BCUT2D eigenvalue weighted by molar-refractivity contribution is 7.80. The van der Waals surface area contributed by atoms with Crippen LogP contribution in [-0.2, 0) is 0 Å². The molecule has 3 N–H and O–H groups in total. The summed E-state index contributed by atoms with van der Waals surface area (Å²) >= 11 is 6.32. The number of aliphatic hydroxyl groups is 1. The van der Waals surface area contributed by atoms with Gasteiger partial charge >= 0.3 is 0 Å². The molecule has 16 heavy (non-hydrogen) atoms. The van der Waals surface area contributed by atoms with Crippen LogP contribution in [0.4, 0.5) is 0 Å². The molecule has 4 nitrogen and oxygen atoms in total. The quantitative estimate of drug-likeness (QED) is 0.708. The van der Waals surface area contributed by atoms with Crippen LogP contribution in [0.3, 0.4) is 0 Å². The second-order valence-corrected chi connectivity index (χ2v) is 4.55. The van der Waals surface area contributed by atoms with E-state index in [9.17, 15) is 4.79 Å². The average molecular weight is 258 g/mol. The van der Waals surface area contributed by atoms with E-state index in [2.05, 4.69) is 10.6 Å². The standard InChI is InChI=1S/C10H14N2O2S2/c1-2-7(6-13)11-10(15)12-9(14)8-4-3-5-16-8/h3-5,7,13H,2,6H2,1H3,(H2,11,12,14,15). The minimum atomic E-state index is -0.222. The maximum Gasteiger partial charge on any atom is 0.267 e. The first-order valence-electron chi connectivity index (χ1n) is 4.93. The lowest BCUT2D eigenvalue weighted by atomic mass is 10.2. The van der Waals surface area contributed by atoms with E-state index in [0.29, 0.717) is 4.88 Å². The number of nitrogens with one attached hydrogen (secondary N) is 2. The van der Waals surface area contributed by atoms with Crippen molar-refractivity contribution in [3.8, 4) is 0 Å². The van der Waals surface area contributed by atoms with Crippen LogP contribution in [0.2, 0.25) is 0 Å². The van der Waals surface area contributed by atoms with Gasteiger partial charge in [0.2, 0.25) is 0 Å². The fourth-order valence-corrected chi connectivity index (χ4v) is 1.95. The van der Waals surface area contributed by atoms with Crippen LogP contribution < -0.4 is 10.6 Å². The summed E-state index contributed by atoms with van der Waals surface area (Å²) in [5, 5.41) is 16.5. The van der Waals surface area contributed by atoms with E-state index < -0.39 is 0 Å². The molecule has 1 atom stereocenters. The fourth-order valence-electron chi connectivity index (χ4n) is 1.07. The summed E-state index contributed by atoms with van der Waals surface area (Å²) in [6, 6.07) is 3.42. The molecular formula is C10H14N2O2S2. The molecule has 0 aliphatic carbocycles. The van der Waals surface area contributed by atoms with Crippen molar-refractivity contribution in [1.82, 2.24) is 10.6 Å². The van der Waals surface area contributed by atoms with Gasteiger partial charge in [-0.1, -0.05) is 13.0 Å². The number of carbonyl (C=O) groups excluding carboxylic acids is 1. The minimum absolute atomic E-state index is 0.00842. The maximum absolute atomic E-state index is 11.6. The number of rotatable bonds is 4. The molecule has 1 rings (SSSR count). The molecule has 0 aliphatic rings. The van der Waals surface area contributed by atoms with E-state index in [-0.39, 0.29) is 23.7 Å². The molecule has 1 aromatic rings. The lowest BCUT2D eigenvalue weighted by molar-refractivity contribution is 0.0980. The first-order valence-corrected chi connectivity index (χ1v) is 6.22. The molecule has 1 aromatic heterocycles. The third-order valence-electron chi connectivity index (χ3n) is 2.02. The van der Waals surface area contributed by atoms with Crippen LogP contribution in [0, 0.1) is 0 Å². The smallest absolute Gasteiger partial charge is 0.267 e. The molecule has 0 radical (unpaired) electrons. The predicted octanol–water partition coefficient (Wildman–Crippen LogP) is 1.12. The number of thiophene rings is 1. The largest absolute Gasteiger partial charge is 0.394 e. The zero-order valence-corrected chi connectivity index (χ0v) is 10.5. The Morgan fingerprint density at radius 1 is 1.69 bits per heavy atom. The van der Waals surface area contributed by atoms with Gasteiger partial charge in [-0.2, -0.15) is 0 Å². The molecule has 0 aromatic carbocycles. The number of hydrogen-bond donors (Lipinski definition) is 3. The highest BCUT2D eigenvalue weighted by Crippen LogP contribution is 2.07. The summed E-state index contributed by atoms with van der Waals surface area (Å²) in [5.74, 6) is -0.222. The summed E-state index contributed by atoms with van der Waals surface area (Å²) in [4.78, 5) is 12.2. The summed E-state index contributed by atoms with van der Waals surface area (Å²) < 4.78 is 0. The van der Waals surface area contributed by atoms with Gasteiger partial charge in [0, 0.05) is 0 Å². The van der Waals surface area contributed by atoms with Crippen LogP contribution in [0.15, 0.2) is 17.5 Å². The van der Waals surface area contributed by atoms with E-state index >= 15 is 0 Å². The van der Waals surface area contributed by atoms with Gasteiger partial charge in [-0.3, -0.25) is 10.1 Å². The van der Waals surface area contributed by atoms with Crippen molar-refractivity contribution in [3.63, 3.8) is 0 Å².